The van der Waals surface area contributed by atoms with Crippen LogP contribution in [0.1, 0.15) is 46.0 Å². The van der Waals surface area contributed by atoms with Crippen LogP contribution >= 0.6 is 0 Å². The van der Waals surface area contributed by atoms with Gasteiger partial charge in [0.15, 0.2) is 0 Å². The van der Waals surface area contributed by atoms with Gasteiger partial charge < -0.3 is 10.4 Å². The number of hydrogen-bond acceptors (Lipinski definition) is 2. The van der Waals surface area contributed by atoms with Gasteiger partial charge in [-0.15, -0.1) is 6.58 Å². The van der Waals surface area contributed by atoms with Crippen molar-refractivity contribution in [3.8, 4) is 0 Å². The Kier molecular flexibility index (Phi) is 8.97. The number of aliphatic carboxylic acids is 1. The van der Waals surface area contributed by atoms with Crippen LogP contribution in [0.25, 0.3) is 0 Å². The first-order valence-corrected chi connectivity index (χ1v) is 6.63. The highest BCUT2D eigenvalue weighted by Crippen LogP contribution is 2.22. The SMILES string of the molecule is C=CCNC(=O)C[C@@H](C)[C@@H](CCCCC)C(=O)O. The number of rotatable bonds is 10. The zero-order valence-electron chi connectivity index (χ0n) is 11.4. The third-order valence-electron chi connectivity index (χ3n) is 3.07. The Labute approximate surface area is 109 Å². The van der Waals surface area contributed by atoms with E-state index in [4.69, 9.17) is 0 Å². The van der Waals surface area contributed by atoms with Crippen LogP contribution in [0.4, 0.5) is 0 Å². The van der Waals surface area contributed by atoms with Gasteiger partial charge in [0.2, 0.25) is 5.91 Å². The second kappa shape index (κ2) is 9.68. The van der Waals surface area contributed by atoms with Crippen molar-refractivity contribution in [3.05, 3.63) is 12.7 Å². The summed E-state index contributed by atoms with van der Waals surface area (Å²) in [6.07, 6.45) is 5.54. The fraction of sp³-hybridized carbons (Fsp3) is 0.714. The molecular weight excluding hydrogens is 230 g/mol. The average molecular weight is 255 g/mol. The van der Waals surface area contributed by atoms with Crippen molar-refractivity contribution in [2.24, 2.45) is 11.8 Å². The number of unbranched alkanes of at least 4 members (excludes halogenated alkanes) is 2. The number of carbonyl (C=O) groups excluding carboxylic acids is 1. The Balaban J connectivity index is 4.20. The van der Waals surface area contributed by atoms with Crippen molar-refractivity contribution in [2.45, 2.75) is 46.0 Å². The molecule has 18 heavy (non-hydrogen) atoms. The van der Waals surface area contributed by atoms with Crippen LogP contribution in [0.2, 0.25) is 0 Å². The molecule has 0 radical (unpaired) electrons. The Morgan fingerprint density at radius 3 is 2.56 bits per heavy atom. The van der Waals surface area contributed by atoms with E-state index in [1.165, 1.54) is 0 Å². The van der Waals surface area contributed by atoms with Gasteiger partial charge >= 0.3 is 5.97 Å². The molecular formula is C14H25NO3. The fourth-order valence-electron chi connectivity index (χ4n) is 1.96. The van der Waals surface area contributed by atoms with Crippen molar-refractivity contribution in [1.29, 1.82) is 0 Å². The maximum Gasteiger partial charge on any atom is 0.306 e. The summed E-state index contributed by atoms with van der Waals surface area (Å²) in [6.45, 7) is 7.86. The molecule has 104 valence electrons. The zero-order valence-corrected chi connectivity index (χ0v) is 11.4. The van der Waals surface area contributed by atoms with Crippen LogP contribution < -0.4 is 5.32 Å². The summed E-state index contributed by atoms with van der Waals surface area (Å²) in [5, 5.41) is 11.9. The topological polar surface area (TPSA) is 66.4 Å². The summed E-state index contributed by atoms with van der Waals surface area (Å²) < 4.78 is 0. The third-order valence-corrected chi connectivity index (χ3v) is 3.07. The molecule has 4 nitrogen and oxygen atoms in total. The second-order valence-corrected chi connectivity index (χ2v) is 4.71. The van der Waals surface area contributed by atoms with E-state index in [0.29, 0.717) is 13.0 Å². The van der Waals surface area contributed by atoms with E-state index in [1.807, 2.05) is 6.92 Å². The molecule has 4 heteroatoms. The van der Waals surface area contributed by atoms with E-state index < -0.39 is 11.9 Å². The molecule has 0 heterocycles. The predicted octanol–water partition coefficient (Wildman–Crippen LogP) is 2.60. The minimum absolute atomic E-state index is 0.107. The van der Waals surface area contributed by atoms with Crippen LogP contribution in [-0.4, -0.2) is 23.5 Å². The Morgan fingerprint density at radius 2 is 2.06 bits per heavy atom. The first-order chi connectivity index (χ1) is 8.52. The van der Waals surface area contributed by atoms with Gasteiger partial charge in [-0.3, -0.25) is 9.59 Å². The maximum absolute atomic E-state index is 11.5. The molecule has 0 aromatic rings. The molecule has 0 fully saturated rings. The summed E-state index contributed by atoms with van der Waals surface area (Å²) in [5.41, 5.74) is 0. The van der Waals surface area contributed by atoms with Crippen LogP contribution in [0.15, 0.2) is 12.7 Å². The standard InChI is InChI=1S/C14H25NO3/c1-4-6-7-8-12(14(17)18)11(3)10-13(16)15-9-5-2/h5,11-12H,2,4,6-10H2,1,3H3,(H,15,16)(H,17,18)/t11-,12-/m1/s1. The molecule has 0 rings (SSSR count). The lowest BCUT2D eigenvalue weighted by molar-refractivity contribution is -0.144. The van der Waals surface area contributed by atoms with Crippen LogP contribution in [0.3, 0.4) is 0 Å². The van der Waals surface area contributed by atoms with Crippen molar-refractivity contribution >= 4 is 11.9 Å². The van der Waals surface area contributed by atoms with E-state index in [0.717, 1.165) is 19.3 Å². The minimum Gasteiger partial charge on any atom is -0.481 e. The third kappa shape index (κ3) is 7.09. The Morgan fingerprint density at radius 1 is 1.39 bits per heavy atom. The highest BCUT2D eigenvalue weighted by molar-refractivity contribution is 5.77. The van der Waals surface area contributed by atoms with Gasteiger partial charge in [0, 0.05) is 13.0 Å². The largest absolute Gasteiger partial charge is 0.481 e. The van der Waals surface area contributed by atoms with Gasteiger partial charge in [-0.2, -0.15) is 0 Å². The van der Waals surface area contributed by atoms with Crippen LogP contribution in [0.5, 0.6) is 0 Å². The Hall–Kier alpha value is -1.32. The molecule has 1 amide bonds. The van der Waals surface area contributed by atoms with Gasteiger partial charge in [-0.25, -0.2) is 0 Å². The molecule has 0 unspecified atom stereocenters. The minimum atomic E-state index is -0.796. The van der Waals surface area contributed by atoms with Gasteiger partial charge in [0.05, 0.1) is 5.92 Å². The van der Waals surface area contributed by atoms with Gasteiger partial charge in [0.1, 0.15) is 0 Å². The number of hydrogen-bond donors (Lipinski definition) is 2. The number of amides is 1. The molecule has 2 atom stereocenters. The molecule has 2 N–H and O–H groups in total. The van der Waals surface area contributed by atoms with E-state index in [2.05, 4.69) is 18.8 Å². The molecule has 0 aliphatic carbocycles. The van der Waals surface area contributed by atoms with E-state index >= 15 is 0 Å². The fourth-order valence-corrected chi connectivity index (χ4v) is 1.96. The monoisotopic (exact) mass is 255 g/mol. The summed E-state index contributed by atoms with van der Waals surface area (Å²) >= 11 is 0. The van der Waals surface area contributed by atoms with Crippen molar-refractivity contribution in [2.75, 3.05) is 6.54 Å². The number of carboxylic acids is 1. The summed E-state index contributed by atoms with van der Waals surface area (Å²) in [6, 6.07) is 0. The maximum atomic E-state index is 11.5. The summed E-state index contributed by atoms with van der Waals surface area (Å²) in [5.74, 6) is -1.46. The van der Waals surface area contributed by atoms with E-state index in [1.54, 1.807) is 6.08 Å². The first-order valence-electron chi connectivity index (χ1n) is 6.63. The molecule has 0 saturated heterocycles. The number of carbonyl (C=O) groups is 2. The molecule has 0 bridgehead atoms. The first kappa shape index (κ1) is 16.7. The smallest absolute Gasteiger partial charge is 0.306 e. The molecule has 0 aromatic carbocycles. The van der Waals surface area contributed by atoms with Crippen LogP contribution in [-0.2, 0) is 9.59 Å². The number of nitrogens with one attached hydrogen (secondary N) is 1. The quantitative estimate of drug-likeness (QED) is 0.466. The second-order valence-electron chi connectivity index (χ2n) is 4.71. The van der Waals surface area contributed by atoms with Crippen molar-refractivity contribution in [1.82, 2.24) is 5.32 Å². The molecule has 0 aliphatic rings. The molecule has 0 aliphatic heterocycles. The average Bonchev–Trinajstić information content (AvgIpc) is 2.31. The highest BCUT2D eigenvalue weighted by Gasteiger charge is 2.25. The van der Waals surface area contributed by atoms with E-state index in [-0.39, 0.29) is 18.2 Å². The lowest BCUT2D eigenvalue weighted by Gasteiger charge is -2.19. The normalized spacial score (nSPS) is 13.7. The van der Waals surface area contributed by atoms with Crippen molar-refractivity contribution in [3.63, 3.8) is 0 Å². The summed E-state index contributed by atoms with van der Waals surface area (Å²) in [4.78, 5) is 22.7. The molecule has 0 saturated carbocycles. The molecule has 0 aromatic heterocycles. The van der Waals surface area contributed by atoms with Gasteiger partial charge in [-0.05, 0) is 12.3 Å². The summed E-state index contributed by atoms with van der Waals surface area (Å²) in [7, 11) is 0. The van der Waals surface area contributed by atoms with Gasteiger partial charge in [0.25, 0.3) is 0 Å². The number of carboxylic acid groups (broad SMARTS) is 1. The van der Waals surface area contributed by atoms with Crippen molar-refractivity contribution < 1.29 is 14.7 Å². The highest BCUT2D eigenvalue weighted by atomic mass is 16.4. The van der Waals surface area contributed by atoms with E-state index in [9.17, 15) is 14.7 Å². The predicted molar refractivity (Wildman–Crippen MR) is 72.3 cm³/mol. The molecule has 0 spiro atoms. The Bertz CT molecular complexity index is 276. The lowest BCUT2D eigenvalue weighted by atomic mass is 9.86. The van der Waals surface area contributed by atoms with Crippen LogP contribution in [0, 0.1) is 11.8 Å². The zero-order chi connectivity index (χ0) is 14.0. The van der Waals surface area contributed by atoms with Gasteiger partial charge in [-0.1, -0.05) is 39.2 Å². The lowest BCUT2D eigenvalue weighted by Crippen LogP contribution is -2.29.